The molecule has 6 nitrogen and oxygen atoms in total. The Kier molecular flexibility index (Phi) is 3.34. The summed E-state index contributed by atoms with van der Waals surface area (Å²) in [4.78, 5) is 22.2. The predicted molar refractivity (Wildman–Crippen MR) is 89.8 cm³/mol. The molecule has 0 radical (unpaired) electrons. The zero-order valence-corrected chi connectivity index (χ0v) is 13.4. The van der Waals surface area contributed by atoms with Crippen LogP contribution in [-0.2, 0) is 13.0 Å². The number of nitrogens with zero attached hydrogens (tertiary/aromatic N) is 4. The number of aryl methyl sites for hydroxylation is 3. The molecule has 0 aliphatic carbocycles. The first-order valence-electron chi connectivity index (χ1n) is 7.33. The summed E-state index contributed by atoms with van der Waals surface area (Å²) in [6.45, 7) is 2.75. The zero-order valence-electron chi connectivity index (χ0n) is 12.6. The Labute approximate surface area is 136 Å². The van der Waals surface area contributed by atoms with E-state index in [1.54, 1.807) is 29.9 Å². The Morgan fingerprint density at radius 2 is 2.30 bits per heavy atom. The van der Waals surface area contributed by atoms with Crippen molar-refractivity contribution in [1.82, 2.24) is 24.1 Å². The minimum atomic E-state index is -0.0819. The van der Waals surface area contributed by atoms with Gasteiger partial charge in [0.1, 0.15) is 0 Å². The van der Waals surface area contributed by atoms with Crippen LogP contribution in [0.2, 0.25) is 0 Å². The van der Waals surface area contributed by atoms with E-state index in [-0.39, 0.29) is 5.56 Å². The highest BCUT2D eigenvalue weighted by Crippen LogP contribution is 2.27. The lowest BCUT2D eigenvalue weighted by Crippen LogP contribution is -2.16. The third kappa shape index (κ3) is 2.49. The van der Waals surface area contributed by atoms with Crippen molar-refractivity contribution in [3.8, 4) is 10.6 Å². The van der Waals surface area contributed by atoms with Crippen LogP contribution in [0.1, 0.15) is 11.3 Å². The molecule has 4 heterocycles. The SMILES string of the molecule is Cc1c(-c2cccs2)[nH]n2c(=O)cc(CCn3ccnc3)nc12. The Balaban J connectivity index is 1.74. The lowest BCUT2D eigenvalue weighted by atomic mass is 10.2. The van der Waals surface area contributed by atoms with E-state index >= 15 is 0 Å². The lowest BCUT2D eigenvalue weighted by molar-refractivity contribution is 0.682. The molecule has 4 rings (SSSR count). The smallest absolute Gasteiger partial charge is 0.272 e. The normalized spacial score (nSPS) is 11.3. The van der Waals surface area contributed by atoms with Crippen molar-refractivity contribution in [3.05, 3.63) is 63.9 Å². The maximum Gasteiger partial charge on any atom is 0.272 e. The maximum absolute atomic E-state index is 12.4. The van der Waals surface area contributed by atoms with Gasteiger partial charge in [-0.25, -0.2) is 14.5 Å². The third-order valence-corrected chi connectivity index (χ3v) is 4.75. The van der Waals surface area contributed by atoms with Gasteiger partial charge in [-0.3, -0.25) is 9.89 Å². The van der Waals surface area contributed by atoms with Crippen LogP contribution in [-0.4, -0.2) is 24.1 Å². The van der Waals surface area contributed by atoms with Crippen LogP contribution in [0, 0.1) is 6.92 Å². The summed E-state index contributed by atoms with van der Waals surface area (Å²) in [5, 5.41) is 5.19. The van der Waals surface area contributed by atoms with Gasteiger partial charge in [0.25, 0.3) is 5.56 Å². The number of hydrogen-bond acceptors (Lipinski definition) is 4. The molecule has 116 valence electrons. The number of imidazole rings is 1. The molecule has 1 N–H and O–H groups in total. The summed E-state index contributed by atoms with van der Waals surface area (Å²) in [6.07, 6.45) is 6.11. The Morgan fingerprint density at radius 1 is 1.39 bits per heavy atom. The number of fused-ring (bicyclic) bond motifs is 1. The Hall–Kier alpha value is -2.67. The molecule has 0 saturated carbocycles. The molecular formula is C16H15N5OS. The van der Waals surface area contributed by atoms with Crippen molar-refractivity contribution < 1.29 is 0 Å². The van der Waals surface area contributed by atoms with Crippen molar-refractivity contribution in [3.63, 3.8) is 0 Å². The number of aromatic amines is 1. The van der Waals surface area contributed by atoms with Gasteiger partial charge in [-0.15, -0.1) is 11.3 Å². The van der Waals surface area contributed by atoms with Gasteiger partial charge in [-0.2, -0.15) is 0 Å². The highest BCUT2D eigenvalue weighted by Gasteiger charge is 2.13. The second kappa shape index (κ2) is 5.51. The van der Waals surface area contributed by atoms with E-state index in [1.807, 2.05) is 35.2 Å². The fourth-order valence-electron chi connectivity index (χ4n) is 2.65. The van der Waals surface area contributed by atoms with Gasteiger partial charge in [0, 0.05) is 37.0 Å². The molecule has 0 amide bonds. The minimum absolute atomic E-state index is 0.0819. The van der Waals surface area contributed by atoms with E-state index in [9.17, 15) is 4.79 Å². The molecule has 0 aliphatic rings. The fraction of sp³-hybridized carbons (Fsp3) is 0.188. The van der Waals surface area contributed by atoms with Gasteiger partial charge < -0.3 is 4.57 Å². The Bertz CT molecular complexity index is 995. The van der Waals surface area contributed by atoms with Crippen LogP contribution in [0.25, 0.3) is 16.2 Å². The van der Waals surface area contributed by atoms with Gasteiger partial charge in [0.05, 0.1) is 22.6 Å². The summed E-state index contributed by atoms with van der Waals surface area (Å²) in [5.74, 6) is 0. The number of nitrogens with one attached hydrogen (secondary N) is 1. The predicted octanol–water partition coefficient (Wildman–Crippen LogP) is 2.50. The number of thiophene rings is 1. The summed E-state index contributed by atoms with van der Waals surface area (Å²) >= 11 is 1.64. The number of hydrogen-bond donors (Lipinski definition) is 1. The summed E-state index contributed by atoms with van der Waals surface area (Å²) in [7, 11) is 0. The molecule has 0 fully saturated rings. The molecular weight excluding hydrogens is 310 g/mol. The van der Waals surface area contributed by atoms with E-state index in [0.717, 1.165) is 28.4 Å². The second-order valence-electron chi connectivity index (χ2n) is 5.38. The van der Waals surface area contributed by atoms with Crippen molar-refractivity contribution in [2.45, 2.75) is 19.9 Å². The average Bonchev–Trinajstić information content (AvgIpc) is 3.26. The van der Waals surface area contributed by atoms with Crippen molar-refractivity contribution in [1.29, 1.82) is 0 Å². The molecule has 0 aliphatic heterocycles. The minimum Gasteiger partial charge on any atom is -0.337 e. The van der Waals surface area contributed by atoms with Gasteiger partial charge in [-0.1, -0.05) is 6.07 Å². The molecule has 23 heavy (non-hydrogen) atoms. The van der Waals surface area contributed by atoms with E-state index in [2.05, 4.69) is 15.1 Å². The first kappa shape index (κ1) is 14.0. The molecule has 0 atom stereocenters. The molecule has 0 aromatic carbocycles. The third-order valence-electron chi connectivity index (χ3n) is 3.86. The molecule has 0 bridgehead atoms. The van der Waals surface area contributed by atoms with Crippen LogP contribution in [0.3, 0.4) is 0 Å². The van der Waals surface area contributed by atoms with Crippen LogP contribution < -0.4 is 5.56 Å². The number of H-pyrrole nitrogens is 1. The zero-order chi connectivity index (χ0) is 15.8. The van der Waals surface area contributed by atoms with Crippen LogP contribution >= 0.6 is 11.3 Å². The highest BCUT2D eigenvalue weighted by atomic mass is 32.1. The van der Waals surface area contributed by atoms with E-state index in [1.165, 1.54) is 4.52 Å². The number of aromatic nitrogens is 5. The van der Waals surface area contributed by atoms with Crippen LogP contribution in [0.4, 0.5) is 0 Å². The van der Waals surface area contributed by atoms with Crippen LogP contribution in [0.15, 0.2) is 47.1 Å². The standard InChI is InChI=1S/C16H15N5OS/c1-11-15(13-3-2-8-23-13)19-21-14(22)9-12(18-16(11)21)4-6-20-7-5-17-10-20/h2-3,5,7-10,19H,4,6H2,1H3. The van der Waals surface area contributed by atoms with Crippen LogP contribution in [0.5, 0.6) is 0 Å². The lowest BCUT2D eigenvalue weighted by Gasteiger charge is -2.02. The highest BCUT2D eigenvalue weighted by molar-refractivity contribution is 7.13. The summed E-state index contributed by atoms with van der Waals surface area (Å²) in [5.41, 5.74) is 3.36. The van der Waals surface area contributed by atoms with E-state index in [0.29, 0.717) is 12.1 Å². The molecule has 4 aromatic heterocycles. The largest absolute Gasteiger partial charge is 0.337 e. The van der Waals surface area contributed by atoms with Crippen molar-refractivity contribution in [2.75, 3.05) is 0 Å². The monoisotopic (exact) mass is 325 g/mol. The van der Waals surface area contributed by atoms with E-state index in [4.69, 9.17) is 0 Å². The van der Waals surface area contributed by atoms with Crippen molar-refractivity contribution in [2.24, 2.45) is 0 Å². The fourth-order valence-corrected chi connectivity index (χ4v) is 3.43. The molecule has 0 saturated heterocycles. The second-order valence-corrected chi connectivity index (χ2v) is 6.33. The quantitative estimate of drug-likeness (QED) is 0.627. The summed E-state index contributed by atoms with van der Waals surface area (Å²) in [6, 6.07) is 5.63. The van der Waals surface area contributed by atoms with Crippen molar-refractivity contribution >= 4 is 17.0 Å². The summed E-state index contributed by atoms with van der Waals surface area (Å²) < 4.78 is 3.50. The van der Waals surface area contributed by atoms with Gasteiger partial charge in [-0.05, 0) is 18.4 Å². The average molecular weight is 325 g/mol. The van der Waals surface area contributed by atoms with Gasteiger partial charge in [0.15, 0.2) is 5.65 Å². The molecule has 0 unspecified atom stereocenters. The Morgan fingerprint density at radius 3 is 3.04 bits per heavy atom. The molecule has 4 aromatic rings. The molecule has 0 spiro atoms. The molecule has 7 heteroatoms. The van der Waals surface area contributed by atoms with Gasteiger partial charge >= 0.3 is 0 Å². The van der Waals surface area contributed by atoms with Gasteiger partial charge in [0.2, 0.25) is 0 Å². The van der Waals surface area contributed by atoms with E-state index < -0.39 is 0 Å². The first-order chi connectivity index (χ1) is 11.2. The topological polar surface area (TPSA) is 68.0 Å². The number of rotatable bonds is 4. The maximum atomic E-state index is 12.4. The first-order valence-corrected chi connectivity index (χ1v) is 8.21.